The number of aryl methyl sites for hydroxylation is 1. The normalized spacial score (nSPS) is 12.3. The molecular formula is C14H20FN3. The molecule has 0 saturated carbocycles. The van der Waals surface area contributed by atoms with E-state index >= 15 is 0 Å². The first-order valence-corrected chi connectivity index (χ1v) is 6.34. The largest absolute Gasteiger partial charge is 0.328 e. The van der Waals surface area contributed by atoms with Crippen LogP contribution in [0.5, 0.6) is 0 Å². The molecule has 18 heavy (non-hydrogen) atoms. The van der Waals surface area contributed by atoms with Crippen molar-refractivity contribution in [1.82, 2.24) is 9.55 Å². The number of benzene rings is 1. The fourth-order valence-corrected chi connectivity index (χ4v) is 2.17. The first-order valence-electron chi connectivity index (χ1n) is 6.34. The van der Waals surface area contributed by atoms with Gasteiger partial charge in [-0.05, 0) is 32.4 Å². The Hall–Kier alpha value is -1.42. The molecule has 0 saturated heterocycles. The molecule has 0 aliphatic heterocycles. The van der Waals surface area contributed by atoms with Gasteiger partial charge < -0.3 is 10.3 Å². The fourth-order valence-electron chi connectivity index (χ4n) is 2.17. The third-order valence-electron chi connectivity index (χ3n) is 2.85. The van der Waals surface area contributed by atoms with Crippen molar-refractivity contribution in [2.45, 2.75) is 45.7 Å². The quantitative estimate of drug-likeness (QED) is 0.905. The van der Waals surface area contributed by atoms with Crippen molar-refractivity contribution in [2.75, 3.05) is 0 Å². The highest BCUT2D eigenvalue weighted by Gasteiger charge is 2.18. The van der Waals surface area contributed by atoms with Crippen molar-refractivity contribution in [2.24, 2.45) is 5.73 Å². The van der Waals surface area contributed by atoms with Crippen LogP contribution in [0.4, 0.5) is 4.39 Å². The van der Waals surface area contributed by atoms with E-state index in [2.05, 4.69) is 16.5 Å². The van der Waals surface area contributed by atoms with Crippen LogP contribution in [0, 0.1) is 5.82 Å². The second-order valence-corrected chi connectivity index (χ2v) is 5.48. The second-order valence-electron chi connectivity index (χ2n) is 5.48. The molecule has 3 nitrogen and oxygen atoms in total. The highest BCUT2D eigenvalue weighted by Crippen LogP contribution is 2.20. The number of nitrogens with zero attached hydrogens (tertiary/aromatic N) is 2. The van der Waals surface area contributed by atoms with Gasteiger partial charge >= 0.3 is 0 Å². The summed E-state index contributed by atoms with van der Waals surface area (Å²) < 4.78 is 15.4. The SMILES string of the molecule is CCCn1c(CC(C)(C)N)nc2cc(F)ccc21. The van der Waals surface area contributed by atoms with Gasteiger partial charge in [-0.1, -0.05) is 6.92 Å². The van der Waals surface area contributed by atoms with Crippen LogP contribution in [-0.4, -0.2) is 15.1 Å². The number of aromatic nitrogens is 2. The maximum Gasteiger partial charge on any atom is 0.125 e. The van der Waals surface area contributed by atoms with Crippen LogP contribution in [0.25, 0.3) is 11.0 Å². The van der Waals surface area contributed by atoms with Crippen molar-refractivity contribution in [3.63, 3.8) is 0 Å². The molecule has 0 aliphatic carbocycles. The van der Waals surface area contributed by atoms with E-state index in [-0.39, 0.29) is 11.4 Å². The average Bonchev–Trinajstić information content (AvgIpc) is 2.54. The third kappa shape index (κ3) is 2.70. The van der Waals surface area contributed by atoms with Gasteiger partial charge in [-0.2, -0.15) is 0 Å². The van der Waals surface area contributed by atoms with E-state index in [0.29, 0.717) is 11.9 Å². The number of nitrogens with two attached hydrogens (primary N) is 1. The van der Waals surface area contributed by atoms with Crippen LogP contribution in [0.1, 0.15) is 33.0 Å². The summed E-state index contributed by atoms with van der Waals surface area (Å²) in [4.78, 5) is 4.52. The Balaban J connectivity index is 2.53. The Morgan fingerprint density at radius 3 is 2.72 bits per heavy atom. The molecule has 0 aliphatic rings. The van der Waals surface area contributed by atoms with Crippen molar-refractivity contribution < 1.29 is 4.39 Å². The fraction of sp³-hybridized carbons (Fsp3) is 0.500. The van der Waals surface area contributed by atoms with Gasteiger partial charge in [0.2, 0.25) is 0 Å². The summed E-state index contributed by atoms with van der Waals surface area (Å²) in [7, 11) is 0. The minimum absolute atomic E-state index is 0.248. The molecule has 0 bridgehead atoms. The van der Waals surface area contributed by atoms with Gasteiger partial charge in [0.25, 0.3) is 0 Å². The summed E-state index contributed by atoms with van der Waals surface area (Å²) in [6.07, 6.45) is 1.70. The van der Waals surface area contributed by atoms with Gasteiger partial charge in [0.1, 0.15) is 11.6 Å². The number of fused-ring (bicyclic) bond motifs is 1. The molecule has 2 rings (SSSR count). The van der Waals surface area contributed by atoms with Crippen molar-refractivity contribution in [1.29, 1.82) is 0 Å². The molecule has 2 N–H and O–H groups in total. The number of imidazole rings is 1. The predicted octanol–water partition coefficient (Wildman–Crippen LogP) is 2.87. The Labute approximate surface area is 107 Å². The molecule has 1 aromatic heterocycles. The standard InChI is InChI=1S/C14H20FN3/c1-4-7-18-12-6-5-10(15)8-11(12)17-13(18)9-14(2,3)16/h5-6,8H,4,7,9,16H2,1-3H3. The lowest BCUT2D eigenvalue weighted by atomic mass is 10.0. The molecular weight excluding hydrogens is 229 g/mol. The molecule has 0 spiro atoms. The Morgan fingerprint density at radius 1 is 1.39 bits per heavy atom. The van der Waals surface area contributed by atoms with Gasteiger partial charge in [-0.25, -0.2) is 9.37 Å². The molecule has 1 aromatic carbocycles. The van der Waals surface area contributed by atoms with Crippen molar-refractivity contribution in [3.8, 4) is 0 Å². The zero-order valence-electron chi connectivity index (χ0n) is 11.2. The van der Waals surface area contributed by atoms with E-state index in [1.807, 2.05) is 13.8 Å². The Kier molecular flexibility index (Phi) is 3.39. The molecule has 98 valence electrons. The zero-order valence-corrected chi connectivity index (χ0v) is 11.2. The van der Waals surface area contributed by atoms with Gasteiger partial charge in [0.15, 0.2) is 0 Å². The molecule has 1 heterocycles. The predicted molar refractivity (Wildman–Crippen MR) is 72.0 cm³/mol. The van der Waals surface area contributed by atoms with Crippen molar-refractivity contribution in [3.05, 3.63) is 29.8 Å². The smallest absolute Gasteiger partial charge is 0.125 e. The molecule has 0 atom stereocenters. The lowest BCUT2D eigenvalue weighted by molar-refractivity contribution is 0.486. The van der Waals surface area contributed by atoms with E-state index in [1.165, 1.54) is 12.1 Å². The van der Waals surface area contributed by atoms with E-state index in [9.17, 15) is 4.39 Å². The van der Waals surface area contributed by atoms with Gasteiger partial charge in [0.05, 0.1) is 11.0 Å². The molecule has 0 amide bonds. The number of hydrogen-bond acceptors (Lipinski definition) is 2. The summed E-state index contributed by atoms with van der Waals surface area (Å²) in [5.41, 5.74) is 7.44. The van der Waals surface area contributed by atoms with Gasteiger partial charge in [0, 0.05) is 24.6 Å². The third-order valence-corrected chi connectivity index (χ3v) is 2.85. The maximum atomic E-state index is 13.2. The molecule has 0 radical (unpaired) electrons. The highest BCUT2D eigenvalue weighted by atomic mass is 19.1. The molecule has 0 unspecified atom stereocenters. The summed E-state index contributed by atoms with van der Waals surface area (Å²) in [5, 5.41) is 0. The van der Waals surface area contributed by atoms with E-state index in [4.69, 9.17) is 5.73 Å². The van der Waals surface area contributed by atoms with Crippen LogP contribution in [0.2, 0.25) is 0 Å². The second kappa shape index (κ2) is 4.69. The lowest BCUT2D eigenvalue weighted by Crippen LogP contribution is -2.35. The number of halogens is 1. The van der Waals surface area contributed by atoms with E-state index in [0.717, 1.165) is 24.3 Å². The maximum absolute atomic E-state index is 13.2. The van der Waals surface area contributed by atoms with Crippen molar-refractivity contribution >= 4 is 11.0 Å². The Morgan fingerprint density at radius 2 is 2.11 bits per heavy atom. The van der Waals surface area contributed by atoms with Crippen LogP contribution in [0.3, 0.4) is 0 Å². The summed E-state index contributed by atoms with van der Waals surface area (Å²) >= 11 is 0. The number of rotatable bonds is 4. The topological polar surface area (TPSA) is 43.8 Å². The first-order chi connectivity index (χ1) is 8.40. The first kappa shape index (κ1) is 13.0. The monoisotopic (exact) mass is 249 g/mol. The minimum atomic E-state index is -0.314. The summed E-state index contributed by atoms with van der Waals surface area (Å²) in [6.45, 7) is 6.95. The molecule has 4 heteroatoms. The molecule has 2 aromatic rings. The minimum Gasteiger partial charge on any atom is -0.328 e. The van der Waals surface area contributed by atoms with Gasteiger partial charge in [-0.3, -0.25) is 0 Å². The van der Waals surface area contributed by atoms with Crippen LogP contribution in [-0.2, 0) is 13.0 Å². The van der Waals surface area contributed by atoms with E-state index in [1.54, 1.807) is 6.07 Å². The average molecular weight is 249 g/mol. The lowest BCUT2D eigenvalue weighted by Gasteiger charge is -2.18. The van der Waals surface area contributed by atoms with Crippen LogP contribution < -0.4 is 5.73 Å². The Bertz CT molecular complexity index is 552. The zero-order chi connectivity index (χ0) is 13.3. The van der Waals surface area contributed by atoms with Crippen LogP contribution >= 0.6 is 0 Å². The molecule has 0 fully saturated rings. The highest BCUT2D eigenvalue weighted by molar-refractivity contribution is 5.76. The number of hydrogen-bond donors (Lipinski definition) is 1. The van der Waals surface area contributed by atoms with Crippen LogP contribution in [0.15, 0.2) is 18.2 Å². The summed E-state index contributed by atoms with van der Waals surface area (Å²) in [5.74, 6) is 0.687. The summed E-state index contributed by atoms with van der Waals surface area (Å²) in [6, 6.07) is 4.75. The van der Waals surface area contributed by atoms with Gasteiger partial charge in [-0.15, -0.1) is 0 Å². The van der Waals surface area contributed by atoms with E-state index < -0.39 is 0 Å².